The van der Waals surface area contributed by atoms with Crippen molar-refractivity contribution in [3.05, 3.63) is 29.3 Å². The van der Waals surface area contributed by atoms with Crippen molar-refractivity contribution in [3.63, 3.8) is 0 Å². The summed E-state index contributed by atoms with van der Waals surface area (Å²) in [6.45, 7) is 6.01. The van der Waals surface area contributed by atoms with Gasteiger partial charge >= 0.3 is 0 Å². The topological polar surface area (TPSA) is 60.2 Å². The van der Waals surface area contributed by atoms with E-state index >= 15 is 0 Å². The first-order chi connectivity index (χ1) is 9.86. The van der Waals surface area contributed by atoms with Crippen molar-refractivity contribution in [2.45, 2.75) is 69.1 Å². The number of sulfone groups is 1. The monoisotopic (exact) mass is 309 g/mol. The summed E-state index contributed by atoms with van der Waals surface area (Å²) in [6.07, 6.45) is 4.81. The van der Waals surface area contributed by atoms with Crippen LogP contribution >= 0.6 is 0 Å². The fourth-order valence-corrected chi connectivity index (χ4v) is 5.76. The van der Waals surface area contributed by atoms with Gasteiger partial charge in [0.05, 0.1) is 10.1 Å². The van der Waals surface area contributed by atoms with Crippen LogP contribution < -0.4 is 5.73 Å². The highest BCUT2D eigenvalue weighted by Crippen LogP contribution is 2.34. The van der Waals surface area contributed by atoms with E-state index < -0.39 is 15.1 Å². The standard InChI is InChI=1S/C17H27NO2S/c1-4-5-14-7-8-15(18)17(11-14)21(19,20)16-9-6-12(2)10-13(16)3/h6,9-10,14-15,17H,4-5,7-8,11,18H2,1-3H3. The zero-order valence-corrected chi connectivity index (χ0v) is 14.1. The zero-order chi connectivity index (χ0) is 15.6. The van der Waals surface area contributed by atoms with E-state index in [-0.39, 0.29) is 6.04 Å². The first-order valence-corrected chi connectivity index (χ1v) is 9.47. The van der Waals surface area contributed by atoms with Crippen LogP contribution in [0.5, 0.6) is 0 Å². The van der Waals surface area contributed by atoms with Gasteiger partial charge in [-0.15, -0.1) is 0 Å². The molecule has 0 heterocycles. The van der Waals surface area contributed by atoms with Crippen molar-refractivity contribution >= 4 is 9.84 Å². The molecule has 3 atom stereocenters. The molecule has 1 aliphatic rings. The highest BCUT2D eigenvalue weighted by Gasteiger charge is 2.38. The van der Waals surface area contributed by atoms with Gasteiger partial charge in [-0.1, -0.05) is 37.5 Å². The van der Waals surface area contributed by atoms with Crippen molar-refractivity contribution in [1.82, 2.24) is 0 Å². The summed E-state index contributed by atoms with van der Waals surface area (Å²) >= 11 is 0. The Morgan fingerprint density at radius 3 is 2.57 bits per heavy atom. The summed E-state index contributed by atoms with van der Waals surface area (Å²) in [4.78, 5) is 0.464. The molecular formula is C17H27NO2S. The van der Waals surface area contributed by atoms with Crippen molar-refractivity contribution in [1.29, 1.82) is 0 Å². The average molecular weight is 309 g/mol. The molecule has 0 amide bonds. The van der Waals surface area contributed by atoms with E-state index in [9.17, 15) is 8.42 Å². The first-order valence-electron chi connectivity index (χ1n) is 7.93. The maximum absolute atomic E-state index is 13.0. The summed E-state index contributed by atoms with van der Waals surface area (Å²) < 4.78 is 26.0. The summed E-state index contributed by atoms with van der Waals surface area (Å²) in [7, 11) is -3.33. The number of hydrogen-bond acceptors (Lipinski definition) is 3. The average Bonchev–Trinajstić information content (AvgIpc) is 2.40. The third kappa shape index (κ3) is 3.49. The van der Waals surface area contributed by atoms with Gasteiger partial charge in [-0.3, -0.25) is 0 Å². The van der Waals surface area contributed by atoms with Crippen LogP contribution in [0.2, 0.25) is 0 Å². The van der Waals surface area contributed by atoms with Gasteiger partial charge < -0.3 is 5.73 Å². The summed E-state index contributed by atoms with van der Waals surface area (Å²) in [6, 6.07) is 5.32. The second-order valence-electron chi connectivity index (χ2n) is 6.48. The van der Waals surface area contributed by atoms with Crippen LogP contribution in [0.4, 0.5) is 0 Å². The molecule has 1 aromatic carbocycles. The number of hydrogen-bond donors (Lipinski definition) is 1. The van der Waals surface area contributed by atoms with Gasteiger partial charge in [0, 0.05) is 6.04 Å². The van der Waals surface area contributed by atoms with Crippen molar-refractivity contribution in [2.75, 3.05) is 0 Å². The first kappa shape index (κ1) is 16.5. The van der Waals surface area contributed by atoms with Crippen LogP contribution in [0.15, 0.2) is 23.1 Å². The molecule has 3 unspecified atom stereocenters. The fourth-order valence-electron chi connectivity index (χ4n) is 3.54. The molecule has 3 nitrogen and oxygen atoms in total. The highest BCUT2D eigenvalue weighted by atomic mass is 32.2. The quantitative estimate of drug-likeness (QED) is 0.927. The molecule has 2 N–H and O–H groups in total. The van der Waals surface area contributed by atoms with E-state index in [0.717, 1.165) is 36.8 Å². The second-order valence-corrected chi connectivity index (χ2v) is 8.62. The molecule has 1 saturated carbocycles. The highest BCUT2D eigenvalue weighted by molar-refractivity contribution is 7.92. The van der Waals surface area contributed by atoms with Crippen LogP contribution in [0, 0.1) is 19.8 Å². The number of aryl methyl sites for hydroxylation is 2. The number of nitrogens with two attached hydrogens (primary N) is 1. The third-order valence-electron chi connectivity index (χ3n) is 4.68. The van der Waals surface area contributed by atoms with Crippen LogP contribution in [-0.4, -0.2) is 19.7 Å². The Balaban J connectivity index is 2.32. The zero-order valence-electron chi connectivity index (χ0n) is 13.3. The van der Waals surface area contributed by atoms with Crippen molar-refractivity contribution in [2.24, 2.45) is 11.7 Å². The summed E-state index contributed by atoms with van der Waals surface area (Å²) in [5.41, 5.74) is 8.08. The van der Waals surface area contributed by atoms with Gasteiger partial charge in [-0.05, 0) is 50.7 Å². The van der Waals surface area contributed by atoms with E-state index in [2.05, 4.69) is 6.92 Å². The van der Waals surface area contributed by atoms with Gasteiger partial charge in [0.25, 0.3) is 0 Å². The Kier molecular flexibility index (Phi) is 5.10. The Hall–Kier alpha value is -0.870. The fraction of sp³-hybridized carbons (Fsp3) is 0.647. The largest absolute Gasteiger partial charge is 0.327 e. The lowest BCUT2D eigenvalue weighted by Gasteiger charge is -2.34. The lowest BCUT2D eigenvalue weighted by molar-refractivity contribution is 0.309. The van der Waals surface area contributed by atoms with Crippen LogP contribution in [-0.2, 0) is 9.84 Å². The normalized spacial score (nSPS) is 26.8. The number of rotatable bonds is 4. The van der Waals surface area contributed by atoms with Gasteiger partial charge in [0.1, 0.15) is 0 Å². The molecule has 0 aliphatic heterocycles. The van der Waals surface area contributed by atoms with Gasteiger partial charge in [-0.2, -0.15) is 0 Å². The molecule has 1 aromatic rings. The smallest absolute Gasteiger partial charge is 0.183 e. The second kappa shape index (κ2) is 6.49. The molecule has 1 fully saturated rings. The molecule has 21 heavy (non-hydrogen) atoms. The van der Waals surface area contributed by atoms with Crippen LogP contribution in [0.25, 0.3) is 0 Å². The third-order valence-corrected chi connectivity index (χ3v) is 7.09. The minimum atomic E-state index is -3.33. The molecule has 0 saturated heterocycles. The molecule has 118 valence electrons. The van der Waals surface area contributed by atoms with E-state index in [1.165, 1.54) is 0 Å². The van der Waals surface area contributed by atoms with E-state index in [1.54, 1.807) is 6.07 Å². The number of benzene rings is 1. The van der Waals surface area contributed by atoms with E-state index in [4.69, 9.17) is 5.73 Å². The summed E-state index contributed by atoms with van der Waals surface area (Å²) in [5.74, 6) is 0.500. The maximum atomic E-state index is 13.0. The minimum Gasteiger partial charge on any atom is -0.327 e. The van der Waals surface area contributed by atoms with Gasteiger partial charge in [0.15, 0.2) is 9.84 Å². The van der Waals surface area contributed by atoms with Gasteiger partial charge in [-0.25, -0.2) is 8.42 Å². The molecule has 4 heteroatoms. The lowest BCUT2D eigenvalue weighted by Crippen LogP contribution is -2.45. The van der Waals surface area contributed by atoms with Crippen molar-refractivity contribution < 1.29 is 8.42 Å². The van der Waals surface area contributed by atoms with Crippen LogP contribution in [0.3, 0.4) is 0 Å². The maximum Gasteiger partial charge on any atom is 0.183 e. The summed E-state index contributed by atoms with van der Waals surface area (Å²) in [5, 5.41) is -0.427. The van der Waals surface area contributed by atoms with Crippen LogP contribution in [0.1, 0.15) is 50.2 Å². The van der Waals surface area contributed by atoms with Gasteiger partial charge in [0.2, 0.25) is 0 Å². The Morgan fingerprint density at radius 1 is 1.24 bits per heavy atom. The Bertz CT molecular complexity index is 595. The molecular weight excluding hydrogens is 282 g/mol. The molecule has 0 bridgehead atoms. The Morgan fingerprint density at radius 2 is 1.95 bits per heavy atom. The predicted molar refractivity (Wildman–Crippen MR) is 87.1 cm³/mol. The van der Waals surface area contributed by atoms with E-state index in [1.807, 2.05) is 26.0 Å². The molecule has 0 radical (unpaired) electrons. The van der Waals surface area contributed by atoms with E-state index in [0.29, 0.717) is 17.2 Å². The molecule has 2 rings (SSSR count). The molecule has 1 aliphatic carbocycles. The molecule has 0 aromatic heterocycles. The molecule has 0 spiro atoms. The minimum absolute atomic E-state index is 0.233. The lowest BCUT2D eigenvalue weighted by atomic mass is 9.83. The predicted octanol–water partition coefficient (Wildman–Crippen LogP) is 3.37. The Labute approximate surface area is 128 Å². The SMILES string of the molecule is CCCC1CCC(N)C(S(=O)(=O)c2ccc(C)cc2C)C1. The van der Waals surface area contributed by atoms with Crippen molar-refractivity contribution in [3.8, 4) is 0 Å².